The van der Waals surface area contributed by atoms with E-state index in [1.54, 1.807) is 18.4 Å². The third kappa shape index (κ3) is 3.74. The molecule has 0 aromatic heterocycles. The minimum Gasteiger partial charge on any atom is -0.469 e. The van der Waals surface area contributed by atoms with Crippen molar-refractivity contribution in [2.24, 2.45) is 0 Å². The molecule has 0 fully saturated rings. The molecule has 0 aliphatic carbocycles. The molecule has 0 saturated heterocycles. The van der Waals surface area contributed by atoms with Crippen molar-refractivity contribution in [2.45, 2.75) is 16.2 Å². The predicted octanol–water partition coefficient (Wildman–Crippen LogP) is 1.53. The molecule has 0 N–H and O–H groups in total. The molecule has 0 radical (unpaired) electrons. The van der Waals surface area contributed by atoms with Crippen LogP contribution < -0.4 is 0 Å². The zero-order valence-electron chi connectivity index (χ0n) is 9.89. The summed E-state index contributed by atoms with van der Waals surface area (Å²) in [6.45, 7) is 0. The van der Waals surface area contributed by atoms with Crippen LogP contribution in [0.3, 0.4) is 0 Å². The molecule has 1 aromatic carbocycles. The zero-order chi connectivity index (χ0) is 13.1. The first-order chi connectivity index (χ1) is 7.88. The minimum atomic E-state index is -3.23. The van der Waals surface area contributed by atoms with Crippen molar-refractivity contribution < 1.29 is 17.9 Å². The molecular weight excluding hydrogens is 260 g/mol. The number of hydrogen-bond acceptors (Lipinski definition) is 5. The Hall–Kier alpha value is -1.01. The number of esters is 1. The lowest BCUT2D eigenvalue weighted by Gasteiger charge is -2.07. The Labute approximate surface area is 105 Å². The molecule has 0 unspecified atom stereocenters. The maximum Gasteiger partial charge on any atom is 0.309 e. The molecule has 1 aromatic rings. The van der Waals surface area contributed by atoms with Gasteiger partial charge in [-0.2, -0.15) is 0 Å². The van der Waals surface area contributed by atoms with Crippen LogP contribution in [0.4, 0.5) is 0 Å². The van der Waals surface area contributed by atoms with E-state index >= 15 is 0 Å². The van der Waals surface area contributed by atoms with Crippen LogP contribution in [0.25, 0.3) is 0 Å². The van der Waals surface area contributed by atoms with Crippen molar-refractivity contribution in [1.82, 2.24) is 0 Å². The number of hydrogen-bond donors (Lipinski definition) is 0. The number of carbonyl (C=O) groups is 1. The van der Waals surface area contributed by atoms with Crippen molar-refractivity contribution >= 4 is 27.6 Å². The summed E-state index contributed by atoms with van der Waals surface area (Å²) in [4.78, 5) is 12.1. The van der Waals surface area contributed by atoms with Gasteiger partial charge in [0.2, 0.25) is 0 Å². The van der Waals surface area contributed by atoms with E-state index in [0.717, 1.165) is 5.56 Å². The summed E-state index contributed by atoms with van der Waals surface area (Å²) in [6, 6.07) is 4.87. The molecule has 4 nitrogen and oxygen atoms in total. The highest BCUT2D eigenvalue weighted by Crippen LogP contribution is 2.26. The summed E-state index contributed by atoms with van der Waals surface area (Å²) >= 11 is 1.34. The monoisotopic (exact) mass is 274 g/mol. The molecule has 1 rings (SSSR count). The lowest BCUT2D eigenvalue weighted by molar-refractivity contribution is -0.139. The summed E-state index contributed by atoms with van der Waals surface area (Å²) in [5, 5.41) is 0. The number of benzene rings is 1. The summed E-state index contributed by atoms with van der Waals surface area (Å²) < 4.78 is 27.6. The van der Waals surface area contributed by atoms with Crippen LogP contribution in [0.1, 0.15) is 5.56 Å². The van der Waals surface area contributed by atoms with E-state index in [-0.39, 0.29) is 12.4 Å². The van der Waals surface area contributed by atoms with E-state index in [1.165, 1.54) is 31.2 Å². The molecule has 0 spiro atoms. The van der Waals surface area contributed by atoms with E-state index in [4.69, 9.17) is 0 Å². The first-order valence-corrected chi connectivity index (χ1v) is 7.94. The maximum atomic E-state index is 11.5. The second-order valence-corrected chi connectivity index (χ2v) is 6.34. The fourth-order valence-corrected chi connectivity index (χ4v) is 3.35. The second-order valence-electron chi connectivity index (χ2n) is 3.51. The fourth-order valence-electron chi connectivity index (χ4n) is 1.37. The first-order valence-electron chi connectivity index (χ1n) is 4.82. The average molecular weight is 274 g/mol. The normalized spacial score (nSPS) is 11.2. The highest BCUT2D eigenvalue weighted by Gasteiger charge is 2.14. The summed E-state index contributed by atoms with van der Waals surface area (Å²) in [5.41, 5.74) is 0.744. The van der Waals surface area contributed by atoms with Crippen LogP contribution in [0.15, 0.2) is 28.0 Å². The maximum absolute atomic E-state index is 11.5. The molecule has 0 heterocycles. The Balaban J connectivity index is 3.14. The smallest absolute Gasteiger partial charge is 0.309 e. The summed E-state index contributed by atoms with van der Waals surface area (Å²) in [6.07, 6.45) is 3.11. The van der Waals surface area contributed by atoms with E-state index < -0.39 is 9.84 Å². The van der Waals surface area contributed by atoms with Crippen LogP contribution in [0, 0.1) is 0 Å². The Morgan fingerprint density at radius 2 is 2.06 bits per heavy atom. The molecule has 17 heavy (non-hydrogen) atoms. The lowest BCUT2D eigenvalue weighted by Crippen LogP contribution is -2.06. The minimum absolute atomic E-state index is 0.147. The molecular formula is C11H14O4S2. The van der Waals surface area contributed by atoms with E-state index in [9.17, 15) is 13.2 Å². The van der Waals surface area contributed by atoms with Crippen LogP contribution in [0.2, 0.25) is 0 Å². The molecule has 94 valence electrons. The van der Waals surface area contributed by atoms with Gasteiger partial charge in [-0.25, -0.2) is 8.42 Å². The number of rotatable bonds is 4. The number of sulfone groups is 1. The molecule has 0 atom stereocenters. The quantitative estimate of drug-likeness (QED) is 0.615. The van der Waals surface area contributed by atoms with E-state index in [1.807, 2.05) is 0 Å². The fraction of sp³-hybridized carbons (Fsp3) is 0.364. The van der Waals surface area contributed by atoms with Gasteiger partial charge >= 0.3 is 5.97 Å². The lowest BCUT2D eigenvalue weighted by atomic mass is 10.1. The van der Waals surface area contributed by atoms with Crippen molar-refractivity contribution in [2.75, 3.05) is 19.6 Å². The number of methoxy groups -OCH3 is 1. The number of thioether (sulfide) groups is 1. The van der Waals surface area contributed by atoms with Crippen LogP contribution in [0.5, 0.6) is 0 Å². The van der Waals surface area contributed by atoms with Gasteiger partial charge in [0.15, 0.2) is 9.84 Å². The summed E-state index contributed by atoms with van der Waals surface area (Å²) in [7, 11) is -1.91. The molecule has 0 amide bonds. The molecule has 0 aliphatic heterocycles. The van der Waals surface area contributed by atoms with Crippen molar-refractivity contribution in [1.29, 1.82) is 0 Å². The van der Waals surface area contributed by atoms with Crippen molar-refractivity contribution in [3.05, 3.63) is 23.8 Å². The van der Waals surface area contributed by atoms with Gasteiger partial charge in [-0.05, 0) is 24.0 Å². The standard InChI is InChI=1S/C11H14O4S2/c1-15-11(12)7-8-4-5-10(17(3,13)14)9(6-8)16-2/h4-6H,7H2,1-3H3. The van der Waals surface area contributed by atoms with Gasteiger partial charge in [0, 0.05) is 11.2 Å². The predicted molar refractivity (Wildman–Crippen MR) is 67.1 cm³/mol. The van der Waals surface area contributed by atoms with Gasteiger partial charge in [0.25, 0.3) is 0 Å². The number of carbonyl (C=O) groups excluding carboxylic acids is 1. The number of ether oxygens (including phenoxy) is 1. The van der Waals surface area contributed by atoms with Crippen LogP contribution >= 0.6 is 11.8 Å². The largest absolute Gasteiger partial charge is 0.469 e. The summed E-state index contributed by atoms with van der Waals surface area (Å²) in [5.74, 6) is -0.343. The molecule has 0 aliphatic rings. The first kappa shape index (κ1) is 14.1. The van der Waals surface area contributed by atoms with Gasteiger partial charge in [0.1, 0.15) is 0 Å². The van der Waals surface area contributed by atoms with Gasteiger partial charge in [-0.1, -0.05) is 6.07 Å². The Morgan fingerprint density at radius 3 is 2.53 bits per heavy atom. The topological polar surface area (TPSA) is 60.4 Å². The second kappa shape index (κ2) is 5.55. The third-order valence-corrected chi connectivity index (χ3v) is 4.27. The molecule has 0 saturated carbocycles. The van der Waals surface area contributed by atoms with E-state index in [0.29, 0.717) is 9.79 Å². The highest BCUT2D eigenvalue weighted by atomic mass is 32.2. The third-order valence-electron chi connectivity index (χ3n) is 2.20. The van der Waals surface area contributed by atoms with E-state index in [2.05, 4.69) is 4.74 Å². The Morgan fingerprint density at radius 1 is 1.41 bits per heavy atom. The van der Waals surface area contributed by atoms with Crippen LogP contribution in [-0.4, -0.2) is 34.0 Å². The highest BCUT2D eigenvalue weighted by molar-refractivity contribution is 7.99. The van der Waals surface area contributed by atoms with Crippen molar-refractivity contribution in [3.63, 3.8) is 0 Å². The SMILES string of the molecule is COC(=O)Cc1ccc(S(C)(=O)=O)c(SC)c1. The Kier molecular flexibility index (Phi) is 4.59. The zero-order valence-corrected chi connectivity index (χ0v) is 11.5. The van der Waals surface area contributed by atoms with Crippen LogP contribution in [-0.2, 0) is 25.8 Å². The molecule has 0 bridgehead atoms. The van der Waals surface area contributed by atoms with Crippen molar-refractivity contribution in [3.8, 4) is 0 Å². The average Bonchev–Trinajstić information content (AvgIpc) is 2.27. The Bertz CT molecular complexity index is 520. The van der Waals surface area contributed by atoms with Gasteiger partial charge < -0.3 is 4.74 Å². The molecule has 6 heteroatoms. The van der Waals surface area contributed by atoms with Gasteiger partial charge in [-0.15, -0.1) is 11.8 Å². The van der Waals surface area contributed by atoms with Gasteiger partial charge in [0.05, 0.1) is 18.4 Å². The van der Waals surface area contributed by atoms with Gasteiger partial charge in [-0.3, -0.25) is 4.79 Å².